The molecule has 122 valence electrons. The van der Waals surface area contributed by atoms with E-state index >= 15 is 0 Å². The first kappa shape index (κ1) is 16.5. The molecule has 2 N–H and O–H groups in total. The Morgan fingerprint density at radius 1 is 1.21 bits per heavy atom. The van der Waals surface area contributed by atoms with Gasteiger partial charge in [0.2, 0.25) is 0 Å². The predicted molar refractivity (Wildman–Crippen MR) is 101 cm³/mol. The van der Waals surface area contributed by atoms with Crippen LogP contribution in [0.5, 0.6) is 5.75 Å². The highest BCUT2D eigenvalue weighted by molar-refractivity contribution is 9.10. The third kappa shape index (κ3) is 3.58. The van der Waals surface area contributed by atoms with Crippen LogP contribution in [0.25, 0.3) is 11.0 Å². The number of carbonyl (C=O) groups is 1. The molecule has 0 bridgehead atoms. The van der Waals surface area contributed by atoms with Gasteiger partial charge in [0.05, 0.1) is 11.6 Å². The van der Waals surface area contributed by atoms with E-state index < -0.39 is 5.91 Å². The maximum atomic E-state index is 12.2. The first-order valence-corrected chi connectivity index (χ1v) is 8.21. The number of para-hydroxylation sites is 1. The van der Waals surface area contributed by atoms with Gasteiger partial charge in [0.15, 0.2) is 10.9 Å². The van der Waals surface area contributed by atoms with E-state index in [1.807, 2.05) is 18.2 Å². The van der Waals surface area contributed by atoms with Gasteiger partial charge in [0.25, 0.3) is 5.91 Å². The summed E-state index contributed by atoms with van der Waals surface area (Å²) in [5.74, 6) is 0.505. The van der Waals surface area contributed by atoms with Gasteiger partial charge in [-0.15, -0.1) is 0 Å². The second-order valence-electron chi connectivity index (χ2n) is 4.91. The quantitative estimate of drug-likeness (QED) is 0.636. The van der Waals surface area contributed by atoms with Crippen LogP contribution in [0.1, 0.15) is 10.6 Å². The fourth-order valence-electron chi connectivity index (χ4n) is 2.16. The van der Waals surface area contributed by atoms with Crippen molar-refractivity contribution in [1.29, 1.82) is 0 Å². The summed E-state index contributed by atoms with van der Waals surface area (Å²) in [6.07, 6.45) is 0. The molecule has 24 heavy (non-hydrogen) atoms. The third-order valence-corrected chi connectivity index (χ3v) is 4.11. The van der Waals surface area contributed by atoms with E-state index in [-0.39, 0.29) is 10.9 Å². The van der Waals surface area contributed by atoms with Crippen molar-refractivity contribution in [2.75, 3.05) is 12.4 Å². The van der Waals surface area contributed by atoms with E-state index in [1.54, 1.807) is 37.4 Å². The molecule has 0 radical (unpaired) electrons. The molecule has 0 fully saturated rings. The zero-order valence-electron chi connectivity index (χ0n) is 12.6. The van der Waals surface area contributed by atoms with Crippen LogP contribution in [0.15, 0.2) is 57.4 Å². The van der Waals surface area contributed by atoms with Crippen molar-refractivity contribution in [2.45, 2.75) is 0 Å². The Balaban J connectivity index is 1.67. The summed E-state index contributed by atoms with van der Waals surface area (Å²) in [4.78, 5) is 12.2. The fraction of sp³-hybridized carbons (Fsp3) is 0.0588. The largest absolute Gasteiger partial charge is 0.496 e. The highest BCUT2D eigenvalue weighted by atomic mass is 79.9. The average Bonchev–Trinajstić information content (AvgIpc) is 2.99. The van der Waals surface area contributed by atoms with Gasteiger partial charge in [0, 0.05) is 11.1 Å². The number of furan rings is 1. The van der Waals surface area contributed by atoms with Gasteiger partial charge in [-0.25, -0.2) is 0 Å². The molecule has 0 saturated carbocycles. The summed E-state index contributed by atoms with van der Waals surface area (Å²) in [5, 5.41) is 6.58. The fourth-order valence-corrected chi connectivity index (χ4v) is 2.92. The van der Waals surface area contributed by atoms with Crippen LogP contribution < -0.4 is 15.4 Å². The minimum atomic E-state index is -0.406. The summed E-state index contributed by atoms with van der Waals surface area (Å²) >= 11 is 8.56. The monoisotopic (exact) mass is 404 g/mol. The van der Waals surface area contributed by atoms with Crippen LogP contribution in [0.3, 0.4) is 0 Å². The number of hydrogen-bond donors (Lipinski definition) is 2. The van der Waals surface area contributed by atoms with E-state index in [0.717, 1.165) is 15.5 Å². The third-order valence-electron chi connectivity index (χ3n) is 3.29. The molecule has 3 rings (SSSR count). The topological polar surface area (TPSA) is 63.5 Å². The first-order chi connectivity index (χ1) is 11.6. The molecule has 5 nitrogen and oxygen atoms in total. The lowest BCUT2D eigenvalue weighted by molar-refractivity contribution is 0.0953. The van der Waals surface area contributed by atoms with E-state index in [9.17, 15) is 4.79 Å². The number of methoxy groups -OCH3 is 1. The summed E-state index contributed by atoms with van der Waals surface area (Å²) in [5.41, 5.74) is 1.37. The van der Waals surface area contributed by atoms with Gasteiger partial charge in [-0.05, 0) is 58.5 Å². The molecule has 0 aliphatic rings. The van der Waals surface area contributed by atoms with Gasteiger partial charge >= 0.3 is 0 Å². The van der Waals surface area contributed by atoms with Crippen molar-refractivity contribution in [3.8, 4) is 5.75 Å². The number of thiocarbonyl (C=S) groups is 1. The molecule has 0 spiro atoms. The van der Waals surface area contributed by atoms with Gasteiger partial charge in [-0.2, -0.15) is 0 Å². The molecule has 0 saturated heterocycles. The van der Waals surface area contributed by atoms with E-state index in [1.165, 1.54) is 0 Å². The lowest BCUT2D eigenvalue weighted by Gasteiger charge is -2.10. The van der Waals surface area contributed by atoms with Crippen molar-refractivity contribution in [2.24, 2.45) is 0 Å². The predicted octanol–water partition coefficient (Wildman–Crippen LogP) is 4.33. The lowest BCUT2D eigenvalue weighted by Crippen LogP contribution is -2.33. The van der Waals surface area contributed by atoms with Crippen LogP contribution >= 0.6 is 28.1 Å². The maximum absolute atomic E-state index is 12.2. The number of fused-ring (bicyclic) bond motifs is 1. The summed E-state index contributed by atoms with van der Waals surface area (Å²) in [6, 6.07) is 14.5. The van der Waals surface area contributed by atoms with Crippen LogP contribution in [-0.4, -0.2) is 18.1 Å². The molecule has 0 atom stereocenters. The first-order valence-electron chi connectivity index (χ1n) is 7.01. The molecule has 0 aliphatic heterocycles. The molecule has 1 aromatic heterocycles. The van der Waals surface area contributed by atoms with Gasteiger partial charge in [-0.3, -0.25) is 10.1 Å². The van der Waals surface area contributed by atoms with Gasteiger partial charge in [-0.1, -0.05) is 18.2 Å². The van der Waals surface area contributed by atoms with E-state index in [2.05, 4.69) is 26.6 Å². The van der Waals surface area contributed by atoms with Crippen molar-refractivity contribution < 1.29 is 13.9 Å². The Morgan fingerprint density at radius 2 is 2.00 bits per heavy atom. The van der Waals surface area contributed by atoms with Crippen LogP contribution in [0.4, 0.5) is 5.69 Å². The summed E-state index contributed by atoms with van der Waals surface area (Å²) < 4.78 is 11.5. The summed E-state index contributed by atoms with van der Waals surface area (Å²) in [7, 11) is 1.59. The Labute approximate surface area is 152 Å². The number of ether oxygens (including phenoxy) is 1. The standard InChI is InChI=1S/C17H13BrN2O3S/c1-22-14-7-6-11(9-12(14)18)19-17(24)20-16(21)15-8-10-4-2-3-5-13(10)23-15/h2-9H,1H3,(H2,19,20,21,24). The molecule has 2 aromatic carbocycles. The molecule has 7 heteroatoms. The molecule has 3 aromatic rings. The van der Waals surface area contributed by atoms with Crippen LogP contribution in [0, 0.1) is 0 Å². The van der Waals surface area contributed by atoms with Crippen molar-refractivity contribution in [3.63, 3.8) is 0 Å². The SMILES string of the molecule is COc1ccc(NC(=S)NC(=O)c2cc3ccccc3o2)cc1Br. The van der Waals surface area contributed by atoms with Crippen LogP contribution in [0.2, 0.25) is 0 Å². The maximum Gasteiger partial charge on any atom is 0.293 e. The Bertz CT molecular complexity index is 890. The number of halogens is 1. The number of carbonyl (C=O) groups excluding carboxylic acids is 1. The molecule has 1 heterocycles. The van der Waals surface area contributed by atoms with Gasteiger partial charge in [0.1, 0.15) is 11.3 Å². The minimum Gasteiger partial charge on any atom is -0.496 e. The van der Waals surface area contributed by atoms with E-state index in [4.69, 9.17) is 21.4 Å². The average molecular weight is 405 g/mol. The number of anilines is 1. The highest BCUT2D eigenvalue weighted by Crippen LogP contribution is 2.27. The molecular weight excluding hydrogens is 392 g/mol. The molecule has 0 unspecified atom stereocenters. The number of benzene rings is 2. The zero-order valence-corrected chi connectivity index (χ0v) is 15.0. The zero-order chi connectivity index (χ0) is 17.1. The van der Waals surface area contributed by atoms with E-state index in [0.29, 0.717) is 11.3 Å². The molecule has 0 aliphatic carbocycles. The number of nitrogens with one attached hydrogen (secondary N) is 2. The Hall–Kier alpha value is -2.38. The van der Waals surface area contributed by atoms with Gasteiger partial charge < -0.3 is 14.5 Å². The van der Waals surface area contributed by atoms with Crippen molar-refractivity contribution in [1.82, 2.24) is 5.32 Å². The molecule has 1 amide bonds. The molecular formula is C17H13BrN2O3S. The van der Waals surface area contributed by atoms with Crippen molar-refractivity contribution >= 4 is 55.8 Å². The second kappa shape index (κ2) is 7.02. The normalized spacial score (nSPS) is 10.4. The lowest BCUT2D eigenvalue weighted by atomic mass is 10.2. The number of rotatable bonds is 3. The smallest absolute Gasteiger partial charge is 0.293 e. The Kier molecular flexibility index (Phi) is 4.82. The van der Waals surface area contributed by atoms with Crippen molar-refractivity contribution in [3.05, 3.63) is 58.8 Å². The second-order valence-corrected chi connectivity index (χ2v) is 6.17. The number of amides is 1. The minimum absolute atomic E-state index is 0.178. The van der Waals surface area contributed by atoms with Crippen LogP contribution in [-0.2, 0) is 0 Å². The highest BCUT2D eigenvalue weighted by Gasteiger charge is 2.13. The number of hydrogen-bond acceptors (Lipinski definition) is 4. The Morgan fingerprint density at radius 3 is 2.71 bits per heavy atom. The summed E-state index contributed by atoms with van der Waals surface area (Å²) in [6.45, 7) is 0.